The maximum Gasteiger partial charge on any atom is 0.416 e. The lowest BCUT2D eigenvalue weighted by Crippen LogP contribution is -2.34. The molecule has 1 fully saturated rings. The number of hydrogen-bond donors (Lipinski definition) is 3. The third-order valence-electron chi connectivity index (χ3n) is 4.19. The van der Waals surface area contributed by atoms with Gasteiger partial charge in [0.2, 0.25) is 5.91 Å². The topological polar surface area (TPSA) is 74.2 Å². The summed E-state index contributed by atoms with van der Waals surface area (Å²) in [5.41, 5.74) is -0.422. The Morgan fingerprint density at radius 1 is 1.40 bits per heavy atom. The Bertz CT molecular complexity index is 763. The summed E-state index contributed by atoms with van der Waals surface area (Å²) in [5.74, 6) is -0.151. The van der Waals surface area contributed by atoms with Crippen LogP contribution in [0.1, 0.15) is 17.0 Å². The Hall–Kier alpha value is -1.71. The van der Waals surface area contributed by atoms with E-state index >= 15 is 0 Å². The molecule has 0 bridgehead atoms. The first-order valence-corrected chi connectivity index (χ1v) is 8.77. The van der Waals surface area contributed by atoms with Crippen molar-refractivity contribution in [2.75, 3.05) is 19.6 Å². The maximum absolute atomic E-state index is 12.7. The Morgan fingerprint density at radius 2 is 2.20 bits per heavy atom. The summed E-state index contributed by atoms with van der Waals surface area (Å²) < 4.78 is 38.8. The van der Waals surface area contributed by atoms with E-state index in [0.717, 1.165) is 12.1 Å². The number of carbonyl (C=O) groups excluding carboxylic acids is 1. The number of aliphatic hydroxyl groups excluding tert-OH is 1. The van der Waals surface area contributed by atoms with E-state index in [1.54, 1.807) is 0 Å². The van der Waals surface area contributed by atoms with E-state index in [1.807, 2.05) is 0 Å². The maximum atomic E-state index is 12.7. The molecule has 0 radical (unpaired) electrons. The highest BCUT2D eigenvalue weighted by Crippen LogP contribution is 2.33. The molecule has 3 rings (SSSR count). The molecule has 1 aromatic carbocycles. The minimum Gasteiger partial charge on any atom is -0.391 e. The van der Waals surface area contributed by atoms with Crippen LogP contribution in [0.5, 0.6) is 0 Å². The van der Waals surface area contributed by atoms with Crippen molar-refractivity contribution in [2.45, 2.75) is 25.1 Å². The third kappa shape index (κ3) is 4.47. The second kappa shape index (κ2) is 7.27. The Labute approximate surface area is 146 Å². The van der Waals surface area contributed by atoms with Gasteiger partial charge in [-0.15, -0.1) is 11.3 Å². The van der Waals surface area contributed by atoms with Crippen LogP contribution in [-0.2, 0) is 17.4 Å². The molecular weight excluding hydrogens is 355 g/mol. The largest absolute Gasteiger partial charge is 0.416 e. The highest BCUT2D eigenvalue weighted by atomic mass is 32.1. The van der Waals surface area contributed by atoms with Gasteiger partial charge >= 0.3 is 6.18 Å². The Morgan fingerprint density at radius 3 is 2.88 bits per heavy atom. The number of benzene rings is 1. The van der Waals surface area contributed by atoms with Crippen molar-refractivity contribution >= 4 is 27.5 Å². The molecule has 1 aliphatic rings. The fourth-order valence-corrected chi connectivity index (χ4v) is 3.69. The number of thiazole rings is 1. The standard InChI is InChI=1S/C16H18F3N3O2S/c17-16(18,19)10-1-2-13-11(5-10)22-15(25-13)4-3-14(24)21-7-9-6-20-8-12(9)23/h1-2,5,9,12,20,23H,3-4,6-8H2,(H,21,24). The molecule has 0 saturated carbocycles. The molecule has 1 saturated heterocycles. The second-order valence-corrected chi connectivity index (χ2v) is 7.19. The summed E-state index contributed by atoms with van der Waals surface area (Å²) in [6.45, 7) is 1.61. The molecule has 1 aliphatic heterocycles. The van der Waals surface area contributed by atoms with E-state index in [0.29, 0.717) is 41.3 Å². The predicted molar refractivity (Wildman–Crippen MR) is 88.3 cm³/mol. The molecule has 9 heteroatoms. The van der Waals surface area contributed by atoms with E-state index in [2.05, 4.69) is 15.6 Å². The van der Waals surface area contributed by atoms with Gasteiger partial charge in [-0.3, -0.25) is 4.79 Å². The third-order valence-corrected chi connectivity index (χ3v) is 5.29. The summed E-state index contributed by atoms with van der Waals surface area (Å²) in [6.07, 6.45) is -4.26. The molecule has 136 valence electrons. The molecule has 0 aliphatic carbocycles. The number of nitrogens with zero attached hydrogens (tertiary/aromatic N) is 1. The molecule has 2 unspecified atom stereocenters. The van der Waals surface area contributed by atoms with Gasteiger partial charge in [-0.25, -0.2) is 4.98 Å². The molecule has 1 aromatic heterocycles. The van der Waals surface area contributed by atoms with Crippen molar-refractivity contribution in [3.8, 4) is 0 Å². The van der Waals surface area contributed by atoms with Crippen LogP contribution in [-0.4, -0.2) is 41.7 Å². The molecule has 25 heavy (non-hydrogen) atoms. The number of halogens is 3. The van der Waals surface area contributed by atoms with Crippen LogP contribution >= 0.6 is 11.3 Å². The van der Waals surface area contributed by atoms with Gasteiger partial charge in [0.05, 0.1) is 26.9 Å². The van der Waals surface area contributed by atoms with Crippen LogP contribution in [0.25, 0.3) is 10.2 Å². The Balaban J connectivity index is 1.55. The van der Waals surface area contributed by atoms with E-state index in [-0.39, 0.29) is 18.2 Å². The van der Waals surface area contributed by atoms with Crippen molar-refractivity contribution < 1.29 is 23.1 Å². The molecule has 2 heterocycles. The van der Waals surface area contributed by atoms with Gasteiger partial charge in [0.1, 0.15) is 0 Å². The van der Waals surface area contributed by atoms with Crippen LogP contribution in [0.4, 0.5) is 13.2 Å². The van der Waals surface area contributed by atoms with Crippen LogP contribution in [0.2, 0.25) is 0 Å². The average Bonchev–Trinajstić information content (AvgIpc) is 3.14. The second-order valence-electron chi connectivity index (χ2n) is 6.08. The fraction of sp³-hybridized carbons (Fsp3) is 0.500. The summed E-state index contributed by atoms with van der Waals surface area (Å²) >= 11 is 1.29. The van der Waals surface area contributed by atoms with Crippen molar-refractivity contribution in [3.05, 3.63) is 28.8 Å². The number of aliphatic hydroxyl groups is 1. The molecule has 0 spiro atoms. The van der Waals surface area contributed by atoms with Crippen LogP contribution in [0.15, 0.2) is 18.2 Å². The number of rotatable bonds is 5. The summed E-state index contributed by atoms with van der Waals surface area (Å²) in [5, 5.41) is 16.1. The van der Waals surface area contributed by atoms with E-state index in [4.69, 9.17) is 0 Å². The highest BCUT2D eigenvalue weighted by molar-refractivity contribution is 7.18. The van der Waals surface area contributed by atoms with Crippen LogP contribution in [0, 0.1) is 5.92 Å². The van der Waals surface area contributed by atoms with Crippen molar-refractivity contribution in [1.82, 2.24) is 15.6 Å². The zero-order chi connectivity index (χ0) is 18.0. The summed E-state index contributed by atoms with van der Waals surface area (Å²) in [4.78, 5) is 16.1. The van der Waals surface area contributed by atoms with Gasteiger partial charge < -0.3 is 15.7 Å². The van der Waals surface area contributed by atoms with E-state index in [9.17, 15) is 23.1 Å². The van der Waals surface area contributed by atoms with Gasteiger partial charge in [0.15, 0.2) is 0 Å². The first kappa shape index (κ1) is 18.1. The van der Waals surface area contributed by atoms with Gasteiger partial charge in [-0.05, 0) is 18.2 Å². The van der Waals surface area contributed by atoms with Crippen molar-refractivity contribution in [2.24, 2.45) is 5.92 Å². The lowest BCUT2D eigenvalue weighted by molar-refractivity contribution is -0.137. The average molecular weight is 373 g/mol. The minimum atomic E-state index is -4.39. The lowest BCUT2D eigenvalue weighted by Gasteiger charge is -2.13. The molecule has 2 atom stereocenters. The number of alkyl halides is 3. The number of aryl methyl sites for hydroxylation is 1. The highest BCUT2D eigenvalue weighted by Gasteiger charge is 2.30. The van der Waals surface area contributed by atoms with Gasteiger partial charge in [-0.2, -0.15) is 13.2 Å². The number of fused-ring (bicyclic) bond motifs is 1. The quantitative estimate of drug-likeness (QED) is 0.749. The number of β-amino-alcohol motifs (C(OH)–C–C–N with tert-alkyl or cyclic N) is 1. The number of carbonyl (C=O) groups is 1. The molecule has 1 amide bonds. The molecule has 3 N–H and O–H groups in total. The van der Waals surface area contributed by atoms with Crippen molar-refractivity contribution in [1.29, 1.82) is 0 Å². The number of amides is 1. The minimum absolute atomic E-state index is 0.00666. The zero-order valence-electron chi connectivity index (χ0n) is 13.3. The van der Waals surface area contributed by atoms with Gasteiger partial charge in [0.25, 0.3) is 0 Å². The zero-order valence-corrected chi connectivity index (χ0v) is 14.1. The summed E-state index contributed by atoms with van der Waals surface area (Å²) in [7, 11) is 0. The first-order valence-electron chi connectivity index (χ1n) is 7.95. The number of nitrogens with one attached hydrogen (secondary N) is 2. The predicted octanol–water partition coefficient (Wildman–Crippen LogP) is 1.94. The normalized spacial score (nSPS) is 21.0. The van der Waals surface area contributed by atoms with Crippen molar-refractivity contribution in [3.63, 3.8) is 0 Å². The van der Waals surface area contributed by atoms with Gasteiger partial charge in [-0.1, -0.05) is 0 Å². The molecular formula is C16H18F3N3O2S. The summed E-state index contributed by atoms with van der Waals surface area (Å²) in [6, 6.07) is 3.48. The smallest absolute Gasteiger partial charge is 0.391 e. The van der Waals surface area contributed by atoms with Crippen LogP contribution < -0.4 is 10.6 Å². The van der Waals surface area contributed by atoms with Gasteiger partial charge in [0, 0.05) is 38.4 Å². The van der Waals surface area contributed by atoms with E-state index < -0.39 is 17.8 Å². The monoisotopic (exact) mass is 373 g/mol. The van der Waals surface area contributed by atoms with Crippen LogP contribution in [0.3, 0.4) is 0 Å². The fourth-order valence-electron chi connectivity index (χ4n) is 2.74. The van der Waals surface area contributed by atoms with E-state index in [1.165, 1.54) is 17.4 Å². The Kier molecular flexibility index (Phi) is 5.26. The SMILES string of the molecule is O=C(CCc1nc2cc(C(F)(F)F)ccc2s1)NCC1CNCC1O. The first-order chi connectivity index (χ1) is 11.8. The number of hydrogen-bond acceptors (Lipinski definition) is 5. The lowest BCUT2D eigenvalue weighted by atomic mass is 10.1. The number of aromatic nitrogens is 1. The molecule has 2 aromatic rings. The molecule has 5 nitrogen and oxygen atoms in total.